The molecule has 0 saturated carbocycles. The van der Waals surface area contributed by atoms with E-state index in [1.165, 1.54) is 32.5 Å². The predicted octanol–water partition coefficient (Wildman–Crippen LogP) is -0.161. The van der Waals surface area contributed by atoms with E-state index in [2.05, 4.69) is 15.2 Å². The molecule has 0 radical (unpaired) electrons. The molecule has 0 atom stereocenters. The Morgan fingerprint density at radius 3 is 2.60 bits per heavy atom. The van der Waals surface area contributed by atoms with Gasteiger partial charge in [0.2, 0.25) is 0 Å². The van der Waals surface area contributed by atoms with Gasteiger partial charge in [0, 0.05) is 38.5 Å². The van der Waals surface area contributed by atoms with Crippen molar-refractivity contribution in [1.29, 1.82) is 0 Å². The minimum Gasteiger partial charge on any atom is -0.381 e. The van der Waals surface area contributed by atoms with E-state index in [4.69, 9.17) is 4.74 Å². The molecule has 2 fully saturated rings. The molecule has 25 heavy (non-hydrogen) atoms. The molecule has 0 aromatic carbocycles. The van der Waals surface area contributed by atoms with Gasteiger partial charge >= 0.3 is 5.69 Å². The molecule has 1 aromatic rings. The molecule has 1 amide bonds. The number of nitrogens with zero attached hydrogens (tertiary/aromatic N) is 2. The quantitative estimate of drug-likeness (QED) is 0.786. The lowest BCUT2D eigenvalue weighted by Gasteiger charge is -2.48. The van der Waals surface area contributed by atoms with Crippen molar-refractivity contribution in [3.63, 3.8) is 0 Å². The molecular formula is C17H26N4O4. The van der Waals surface area contributed by atoms with Gasteiger partial charge in [0.15, 0.2) is 0 Å². The number of aromatic amines is 1. The number of carbonyl (C=O) groups excluding carboxylic acids is 1. The van der Waals surface area contributed by atoms with Crippen LogP contribution in [0.1, 0.15) is 42.5 Å². The van der Waals surface area contributed by atoms with Crippen molar-refractivity contribution in [3.05, 3.63) is 32.6 Å². The number of carbonyl (C=O) groups is 1. The molecule has 2 aliphatic rings. The Balaban J connectivity index is 1.75. The summed E-state index contributed by atoms with van der Waals surface area (Å²) in [6.45, 7) is 3.93. The molecule has 2 aliphatic heterocycles. The molecule has 3 heterocycles. The van der Waals surface area contributed by atoms with Gasteiger partial charge in [-0.25, -0.2) is 4.79 Å². The third-order valence-corrected chi connectivity index (χ3v) is 5.45. The van der Waals surface area contributed by atoms with Crippen molar-refractivity contribution < 1.29 is 9.53 Å². The second kappa shape index (κ2) is 7.53. The molecule has 2 N–H and O–H groups in total. The van der Waals surface area contributed by atoms with Crippen molar-refractivity contribution in [1.82, 2.24) is 19.8 Å². The zero-order valence-corrected chi connectivity index (χ0v) is 14.7. The predicted molar refractivity (Wildman–Crippen MR) is 92.8 cm³/mol. The summed E-state index contributed by atoms with van der Waals surface area (Å²) >= 11 is 0. The zero-order valence-electron chi connectivity index (χ0n) is 14.7. The number of ether oxygens (including phenoxy) is 1. The fraction of sp³-hybridized carbons (Fsp3) is 0.706. The van der Waals surface area contributed by atoms with Crippen LogP contribution in [0, 0.1) is 0 Å². The average molecular weight is 350 g/mol. The summed E-state index contributed by atoms with van der Waals surface area (Å²) in [5.74, 6) is -0.445. The number of likely N-dealkylation sites (tertiary alicyclic amines) is 1. The number of rotatable bonds is 4. The highest BCUT2D eigenvalue weighted by Crippen LogP contribution is 2.30. The Morgan fingerprint density at radius 2 is 1.92 bits per heavy atom. The van der Waals surface area contributed by atoms with Crippen molar-refractivity contribution >= 4 is 5.91 Å². The largest absolute Gasteiger partial charge is 0.381 e. The lowest BCUT2D eigenvalue weighted by molar-refractivity contribution is -0.0349. The number of hydrogen-bond acceptors (Lipinski definition) is 5. The van der Waals surface area contributed by atoms with Crippen LogP contribution in [-0.2, 0) is 11.8 Å². The van der Waals surface area contributed by atoms with E-state index in [-0.39, 0.29) is 11.1 Å². The molecule has 2 saturated heterocycles. The van der Waals surface area contributed by atoms with Gasteiger partial charge in [-0.15, -0.1) is 0 Å². The highest BCUT2D eigenvalue weighted by Gasteiger charge is 2.39. The highest BCUT2D eigenvalue weighted by molar-refractivity contribution is 5.93. The van der Waals surface area contributed by atoms with Gasteiger partial charge < -0.3 is 15.0 Å². The number of H-pyrrole nitrogens is 1. The first-order valence-corrected chi connectivity index (χ1v) is 8.93. The van der Waals surface area contributed by atoms with Crippen LogP contribution in [0.15, 0.2) is 15.8 Å². The molecule has 0 aliphatic carbocycles. The monoisotopic (exact) mass is 350 g/mol. The normalized spacial score (nSPS) is 21.0. The van der Waals surface area contributed by atoms with Gasteiger partial charge in [-0.05, 0) is 38.8 Å². The number of hydrogen-bond donors (Lipinski definition) is 2. The van der Waals surface area contributed by atoms with E-state index in [0.29, 0.717) is 19.8 Å². The number of aromatic nitrogens is 2. The molecule has 3 rings (SSSR count). The molecule has 0 unspecified atom stereocenters. The summed E-state index contributed by atoms with van der Waals surface area (Å²) < 4.78 is 6.43. The number of amides is 1. The van der Waals surface area contributed by atoms with Gasteiger partial charge in [0.1, 0.15) is 5.56 Å². The Kier molecular flexibility index (Phi) is 5.39. The van der Waals surface area contributed by atoms with Crippen LogP contribution >= 0.6 is 0 Å². The summed E-state index contributed by atoms with van der Waals surface area (Å²) in [5, 5.41) is 2.92. The van der Waals surface area contributed by atoms with E-state index in [0.717, 1.165) is 30.5 Å². The number of nitrogens with one attached hydrogen (secondary N) is 2. The summed E-state index contributed by atoms with van der Waals surface area (Å²) in [4.78, 5) is 40.9. The van der Waals surface area contributed by atoms with Gasteiger partial charge in [0.05, 0.1) is 0 Å². The van der Waals surface area contributed by atoms with E-state index in [1.807, 2.05) is 0 Å². The molecule has 1 aromatic heterocycles. The molecular weight excluding hydrogens is 324 g/mol. The average Bonchev–Trinajstić information content (AvgIpc) is 2.66. The van der Waals surface area contributed by atoms with Gasteiger partial charge in [0.25, 0.3) is 11.5 Å². The van der Waals surface area contributed by atoms with Crippen LogP contribution in [0.25, 0.3) is 0 Å². The number of piperidine rings is 1. The molecule has 0 bridgehead atoms. The van der Waals surface area contributed by atoms with Gasteiger partial charge in [-0.1, -0.05) is 6.42 Å². The maximum Gasteiger partial charge on any atom is 0.328 e. The van der Waals surface area contributed by atoms with Crippen LogP contribution in [-0.4, -0.2) is 58.7 Å². The van der Waals surface area contributed by atoms with Gasteiger partial charge in [-0.3, -0.25) is 19.1 Å². The minimum absolute atomic E-state index is 0.0389. The lowest BCUT2D eigenvalue weighted by Crippen LogP contribution is -2.59. The maximum atomic E-state index is 12.5. The van der Waals surface area contributed by atoms with Crippen LogP contribution in [0.5, 0.6) is 0 Å². The van der Waals surface area contributed by atoms with E-state index >= 15 is 0 Å². The molecule has 8 heteroatoms. The third-order valence-electron chi connectivity index (χ3n) is 5.45. The molecule has 0 spiro atoms. The summed E-state index contributed by atoms with van der Waals surface area (Å²) in [6, 6.07) is 0. The summed E-state index contributed by atoms with van der Waals surface area (Å²) in [6.07, 6.45) is 6.54. The first-order chi connectivity index (χ1) is 12.0. The van der Waals surface area contributed by atoms with Crippen molar-refractivity contribution in [2.45, 2.75) is 37.6 Å². The molecule has 138 valence electrons. The maximum absolute atomic E-state index is 12.5. The Labute approximate surface area is 146 Å². The first kappa shape index (κ1) is 17.9. The SMILES string of the molecule is Cn1c(=O)[nH]cc(C(=O)NCC2(N3CCCCC3)CCOCC2)c1=O. The topological polar surface area (TPSA) is 96.4 Å². The Bertz CT molecular complexity index is 727. The van der Waals surface area contributed by atoms with Crippen molar-refractivity contribution in [2.75, 3.05) is 32.8 Å². The molecule has 8 nitrogen and oxygen atoms in total. The fourth-order valence-electron chi connectivity index (χ4n) is 3.79. The lowest BCUT2D eigenvalue weighted by atomic mass is 9.86. The Morgan fingerprint density at radius 1 is 1.24 bits per heavy atom. The van der Waals surface area contributed by atoms with E-state index in [1.54, 1.807) is 0 Å². The fourth-order valence-corrected chi connectivity index (χ4v) is 3.79. The van der Waals surface area contributed by atoms with E-state index < -0.39 is 17.2 Å². The second-order valence-corrected chi connectivity index (χ2v) is 6.94. The Hall–Kier alpha value is -1.93. The van der Waals surface area contributed by atoms with E-state index in [9.17, 15) is 14.4 Å². The first-order valence-electron chi connectivity index (χ1n) is 8.93. The zero-order chi connectivity index (χ0) is 17.9. The van der Waals surface area contributed by atoms with Crippen LogP contribution in [0.3, 0.4) is 0 Å². The standard InChI is InChI=1S/C17H26N4O4/c1-20-15(23)13(11-18-16(20)24)14(22)19-12-17(5-9-25-10-6-17)21-7-3-2-4-8-21/h11H,2-10,12H2,1H3,(H,18,24)(H,19,22). The smallest absolute Gasteiger partial charge is 0.328 e. The third kappa shape index (κ3) is 3.69. The second-order valence-electron chi connectivity index (χ2n) is 6.94. The van der Waals surface area contributed by atoms with Crippen molar-refractivity contribution in [2.24, 2.45) is 7.05 Å². The summed E-state index contributed by atoms with van der Waals surface area (Å²) in [5.41, 5.74) is -1.26. The van der Waals surface area contributed by atoms with Crippen molar-refractivity contribution in [3.8, 4) is 0 Å². The van der Waals surface area contributed by atoms with Crippen LogP contribution in [0.2, 0.25) is 0 Å². The van der Waals surface area contributed by atoms with Crippen LogP contribution < -0.4 is 16.6 Å². The van der Waals surface area contributed by atoms with Crippen LogP contribution in [0.4, 0.5) is 0 Å². The highest BCUT2D eigenvalue weighted by atomic mass is 16.5. The minimum atomic E-state index is -0.583. The summed E-state index contributed by atoms with van der Waals surface area (Å²) in [7, 11) is 1.35. The van der Waals surface area contributed by atoms with Gasteiger partial charge in [-0.2, -0.15) is 0 Å².